The molecule has 5 nitrogen and oxygen atoms in total. The molecule has 0 amide bonds. The summed E-state index contributed by atoms with van der Waals surface area (Å²) in [4.78, 5) is 9.21. The van der Waals surface area contributed by atoms with E-state index in [2.05, 4.69) is 40.0 Å². The van der Waals surface area contributed by atoms with Crippen LogP contribution in [0, 0.1) is 0 Å². The topological polar surface area (TPSA) is 54.6 Å². The van der Waals surface area contributed by atoms with E-state index in [1.165, 1.54) is 5.56 Å². The van der Waals surface area contributed by atoms with Crippen LogP contribution in [-0.4, -0.2) is 50.2 Å². The first kappa shape index (κ1) is 19.2. The highest BCUT2D eigenvalue weighted by atomic mass is 16.5. The van der Waals surface area contributed by atoms with E-state index in [0.717, 1.165) is 57.1 Å². The molecule has 0 aliphatic rings. The van der Waals surface area contributed by atoms with Crippen molar-refractivity contribution in [2.75, 3.05) is 45.2 Å². The number of anilines is 1. The second-order valence-electron chi connectivity index (χ2n) is 6.26. The minimum Gasteiger partial charge on any atom is -0.497 e. The van der Waals surface area contributed by atoms with Gasteiger partial charge in [0.2, 0.25) is 0 Å². The fourth-order valence-electron chi connectivity index (χ4n) is 2.70. The summed E-state index contributed by atoms with van der Waals surface area (Å²) in [6, 6.07) is 14.3. The second-order valence-corrected chi connectivity index (χ2v) is 6.26. The summed E-state index contributed by atoms with van der Waals surface area (Å²) in [5.41, 5.74) is 6.82. The summed E-state index contributed by atoms with van der Waals surface area (Å²) in [6.07, 6.45) is 4.08. The normalized spacial score (nSPS) is 10.9. The number of likely N-dealkylation sites (N-methyl/N-ethyl adjacent to an activating group) is 1. The lowest BCUT2D eigenvalue weighted by Gasteiger charge is -2.27. The van der Waals surface area contributed by atoms with Crippen LogP contribution in [0.2, 0.25) is 0 Å². The molecule has 0 bridgehead atoms. The van der Waals surface area contributed by atoms with Gasteiger partial charge in [-0.25, -0.2) is 4.98 Å². The van der Waals surface area contributed by atoms with Gasteiger partial charge in [-0.2, -0.15) is 0 Å². The third kappa shape index (κ3) is 6.72. The van der Waals surface area contributed by atoms with Crippen LogP contribution in [0.4, 0.5) is 5.82 Å². The first-order valence-electron chi connectivity index (χ1n) is 8.90. The van der Waals surface area contributed by atoms with Crippen LogP contribution in [0.15, 0.2) is 48.7 Å². The van der Waals surface area contributed by atoms with Gasteiger partial charge in [0.25, 0.3) is 0 Å². The molecule has 0 saturated carbocycles. The zero-order chi connectivity index (χ0) is 17.9. The number of benzene rings is 1. The molecule has 0 saturated heterocycles. The van der Waals surface area contributed by atoms with Crippen LogP contribution in [0.3, 0.4) is 0 Å². The predicted octanol–water partition coefficient (Wildman–Crippen LogP) is 2.77. The van der Waals surface area contributed by atoms with E-state index in [0.29, 0.717) is 0 Å². The zero-order valence-electron chi connectivity index (χ0n) is 15.4. The minimum absolute atomic E-state index is 0.769. The Kier molecular flexibility index (Phi) is 8.22. The lowest BCUT2D eigenvalue weighted by molar-refractivity contribution is 0.331. The fourth-order valence-corrected chi connectivity index (χ4v) is 2.70. The van der Waals surface area contributed by atoms with Gasteiger partial charge in [0.1, 0.15) is 11.6 Å². The Labute approximate surface area is 151 Å². The van der Waals surface area contributed by atoms with Crippen LogP contribution >= 0.6 is 0 Å². The average molecular weight is 342 g/mol. The molecule has 25 heavy (non-hydrogen) atoms. The number of pyridine rings is 1. The lowest BCUT2D eigenvalue weighted by Crippen LogP contribution is -2.34. The predicted molar refractivity (Wildman–Crippen MR) is 104 cm³/mol. The zero-order valence-corrected chi connectivity index (χ0v) is 15.4. The van der Waals surface area contributed by atoms with Crippen molar-refractivity contribution in [1.82, 2.24) is 9.88 Å². The largest absolute Gasteiger partial charge is 0.497 e. The van der Waals surface area contributed by atoms with Crippen LogP contribution in [0.25, 0.3) is 0 Å². The summed E-state index contributed by atoms with van der Waals surface area (Å²) in [5.74, 6) is 1.89. The standard InChI is InChI=1S/C20H30N4O/c1-23(14-6-4-12-21)15-16-24(20-7-3-5-13-22-20)17-18-8-10-19(25-2)11-9-18/h3,5,7-11,13H,4,6,12,14-17,21H2,1-2H3. The van der Waals surface area contributed by atoms with Crippen LogP contribution in [-0.2, 0) is 6.54 Å². The molecule has 1 heterocycles. The van der Waals surface area contributed by atoms with E-state index in [-0.39, 0.29) is 0 Å². The molecule has 5 heteroatoms. The Bertz CT molecular complexity index is 588. The highest BCUT2D eigenvalue weighted by Gasteiger charge is 2.10. The summed E-state index contributed by atoms with van der Waals surface area (Å²) in [7, 11) is 3.86. The quantitative estimate of drug-likeness (QED) is 0.637. The first-order valence-corrected chi connectivity index (χ1v) is 8.90. The van der Waals surface area contributed by atoms with E-state index in [1.807, 2.05) is 30.5 Å². The number of hydrogen-bond acceptors (Lipinski definition) is 5. The number of methoxy groups -OCH3 is 1. The number of aromatic nitrogens is 1. The van der Waals surface area contributed by atoms with Crippen LogP contribution in [0.5, 0.6) is 5.75 Å². The van der Waals surface area contributed by atoms with Crippen molar-refractivity contribution in [3.05, 3.63) is 54.2 Å². The van der Waals surface area contributed by atoms with Gasteiger partial charge in [-0.3, -0.25) is 0 Å². The summed E-state index contributed by atoms with van der Waals surface area (Å²) in [5, 5.41) is 0. The average Bonchev–Trinajstić information content (AvgIpc) is 2.66. The Morgan fingerprint density at radius 3 is 2.44 bits per heavy atom. The summed E-state index contributed by atoms with van der Waals surface area (Å²) in [6.45, 7) is 4.61. The molecular weight excluding hydrogens is 312 g/mol. The van der Waals surface area contributed by atoms with Crippen LogP contribution < -0.4 is 15.4 Å². The molecule has 0 unspecified atom stereocenters. The smallest absolute Gasteiger partial charge is 0.128 e. The Hall–Kier alpha value is -2.11. The molecule has 0 radical (unpaired) electrons. The summed E-state index contributed by atoms with van der Waals surface area (Å²) < 4.78 is 5.24. The third-order valence-electron chi connectivity index (χ3n) is 4.25. The lowest BCUT2D eigenvalue weighted by atomic mass is 10.2. The van der Waals surface area contributed by atoms with Crippen molar-refractivity contribution >= 4 is 5.82 Å². The maximum atomic E-state index is 5.58. The maximum absolute atomic E-state index is 5.58. The molecule has 0 spiro atoms. The van der Waals surface area contributed by atoms with Crippen molar-refractivity contribution in [3.8, 4) is 5.75 Å². The SMILES string of the molecule is COc1ccc(CN(CCN(C)CCCCN)c2ccccn2)cc1. The van der Waals surface area contributed by atoms with Gasteiger partial charge in [-0.05, 0) is 62.8 Å². The fraction of sp³-hybridized carbons (Fsp3) is 0.450. The van der Waals surface area contributed by atoms with Gasteiger partial charge in [-0.1, -0.05) is 18.2 Å². The van der Waals surface area contributed by atoms with E-state index < -0.39 is 0 Å². The van der Waals surface area contributed by atoms with Crippen molar-refractivity contribution in [2.24, 2.45) is 5.73 Å². The molecule has 136 valence electrons. The minimum atomic E-state index is 0.769. The van der Waals surface area contributed by atoms with Gasteiger partial charge in [0, 0.05) is 25.8 Å². The number of ether oxygens (including phenoxy) is 1. The Morgan fingerprint density at radius 2 is 1.80 bits per heavy atom. The van der Waals surface area contributed by atoms with E-state index >= 15 is 0 Å². The molecule has 2 aromatic rings. The Balaban J connectivity index is 1.98. The van der Waals surface area contributed by atoms with Gasteiger partial charge < -0.3 is 20.3 Å². The van der Waals surface area contributed by atoms with Gasteiger partial charge in [0.05, 0.1) is 7.11 Å². The van der Waals surface area contributed by atoms with Crippen molar-refractivity contribution in [3.63, 3.8) is 0 Å². The van der Waals surface area contributed by atoms with Crippen molar-refractivity contribution in [2.45, 2.75) is 19.4 Å². The molecule has 1 aromatic heterocycles. The number of nitrogens with two attached hydrogens (primary N) is 1. The molecule has 0 atom stereocenters. The molecule has 0 aliphatic heterocycles. The van der Waals surface area contributed by atoms with Crippen molar-refractivity contribution < 1.29 is 4.74 Å². The number of nitrogens with zero attached hydrogens (tertiary/aromatic N) is 3. The first-order chi connectivity index (χ1) is 12.2. The molecular formula is C20H30N4O. The van der Waals surface area contributed by atoms with E-state index in [9.17, 15) is 0 Å². The number of unbranched alkanes of at least 4 members (excludes halogenated alkanes) is 1. The van der Waals surface area contributed by atoms with Gasteiger partial charge >= 0.3 is 0 Å². The Morgan fingerprint density at radius 1 is 1.00 bits per heavy atom. The van der Waals surface area contributed by atoms with Gasteiger partial charge in [0.15, 0.2) is 0 Å². The highest BCUT2D eigenvalue weighted by molar-refractivity contribution is 5.39. The monoisotopic (exact) mass is 342 g/mol. The molecule has 0 aliphatic carbocycles. The second kappa shape index (κ2) is 10.7. The van der Waals surface area contributed by atoms with Crippen LogP contribution in [0.1, 0.15) is 18.4 Å². The van der Waals surface area contributed by atoms with Gasteiger partial charge in [-0.15, -0.1) is 0 Å². The molecule has 2 rings (SSSR count). The van der Waals surface area contributed by atoms with E-state index in [1.54, 1.807) is 7.11 Å². The van der Waals surface area contributed by atoms with E-state index in [4.69, 9.17) is 10.5 Å². The molecule has 2 N–H and O–H groups in total. The summed E-state index contributed by atoms with van der Waals surface area (Å²) >= 11 is 0. The molecule has 0 fully saturated rings. The third-order valence-corrected chi connectivity index (χ3v) is 4.25. The van der Waals surface area contributed by atoms with Crippen molar-refractivity contribution in [1.29, 1.82) is 0 Å². The molecule has 1 aromatic carbocycles. The number of hydrogen-bond donors (Lipinski definition) is 1. The maximum Gasteiger partial charge on any atom is 0.128 e. The number of rotatable bonds is 11. The highest BCUT2D eigenvalue weighted by Crippen LogP contribution is 2.17.